The number of likely N-dealkylation sites (tertiary alicyclic amines) is 1. The van der Waals surface area contributed by atoms with E-state index >= 15 is 0 Å². The van der Waals surface area contributed by atoms with Crippen LogP contribution < -0.4 is 13.9 Å². The highest BCUT2D eigenvalue weighted by Gasteiger charge is 2.27. The first kappa shape index (κ1) is 46.4. The number of piperidine rings is 2. The second kappa shape index (κ2) is 22.7. The van der Waals surface area contributed by atoms with Gasteiger partial charge in [-0.3, -0.25) is 23.1 Å². The molecule has 2 heterocycles. The van der Waals surface area contributed by atoms with Gasteiger partial charge < -0.3 is 5.32 Å². The molecule has 2 atom stereocenters. The SMILES string of the molecule is CS(=O)(=O)N(CC1CCCN(CC(=O)c2ccc(Cl)cc2)C1)c1ccccc1.CS(=O)(=O)N(CC1CCCNC1)c1ccccc1.O=C(CBr)c1ccc(Cl)cc1. The molecule has 0 spiro atoms. The molecule has 2 fully saturated rings. The molecular formula is C42H51BrCl2N4O6S2. The Balaban J connectivity index is 0.000000211. The first-order chi connectivity index (χ1) is 27.1. The molecule has 0 amide bonds. The number of alkyl halides is 1. The van der Waals surface area contributed by atoms with Crippen LogP contribution in [0.2, 0.25) is 10.0 Å². The van der Waals surface area contributed by atoms with E-state index in [2.05, 4.69) is 26.1 Å². The van der Waals surface area contributed by atoms with Crippen LogP contribution in [0, 0.1) is 11.8 Å². The van der Waals surface area contributed by atoms with Crippen LogP contribution in [-0.2, 0) is 20.0 Å². The summed E-state index contributed by atoms with van der Waals surface area (Å²) in [7, 11) is -6.58. The van der Waals surface area contributed by atoms with Gasteiger partial charge in [-0.1, -0.05) is 75.5 Å². The fourth-order valence-corrected chi connectivity index (χ4v) is 9.24. The number of hydrogen-bond donors (Lipinski definition) is 1. The van der Waals surface area contributed by atoms with Gasteiger partial charge in [0.2, 0.25) is 20.0 Å². The van der Waals surface area contributed by atoms with E-state index in [-0.39, 0.29) is 17.5 Å². The van der Waals surface area contributed by atoms with E-state index in [1.54, 1.807) is 48.5 Å². The summed E-state index contributed by atoms with van der Waals surface area (Å²) in [5.41, 5.74) is 2.77. The van der Waals surface area contributed by atoms with Crippen molar-refractivity contribution in [2.24, 2.45) is 11.8 Å². The van der Waals surface area contributed by atoms with Gasteiger partial charge in [0, 0.05) is 40.8 Å². The van der Waals surface area contributed by atoms with Crippen LogP contribution in [0.5, 0.6) is 0 Å². The minimum absolute atomic E-state index is 0.0559. The number of ketones is 2. The van der Waals surface area contributed by atoms with Crippen LogP contribution in [0.3, 0.4) is 0 Å². The summed E-state index contributed by atoms with van der Waals surface area (Å²) in [5, 5.41) is 4.93. The maximum atomic E-state index is 12.5. The van der Waals surface area contributed by atoms with E-state index in [9.17, 15) is 26.4 Å². The molecule has 2 aliphatic heterocycles. The lowest BCUT2D eigenvalue weighted by atomic mass is 9.97. The lowest BCUT2D eigenvalue weighted by Crippen LogP contribution is -2.44. The molecule has 0 bridgehead atoms. The molecule has 2 unspecified atom stereocenters. The molecule has 4 aromatic carbocycles. The van der Waals surface area contributed by atoms with E-state index in [0.29, 0.717) is 64.3 Å². The number of sulfonamides is 2. The standard InChI is InChI=1S/C21H25ClN2O3S.C13H20N2O2S.C8H6BrClO/c1-28(26,27)24(20-7-3-2-4-8-20)15-17-6-5-13-23(14-17)16-21(25)18-9-11-19(22)12-10-18;1-18(16,17)15(13-7-3-2-4-8-13)11-12-6-5-9-14-10-12;9-5-8(11)6-1-3-7(10)4-2-6/h2-4,7-12,17H,5-6,13-16H2,1H3;2-4,7-8,12,14H,5-6,9-11H2,1H3;1-4H,5H2. The highest BCUT2D eigenvalue weighted by Crippen LogP contribution is 2.25. The smallest absolute Gasteiger partial charge is 0.232 e. The molecule has 15 heteroatoms. The predicted octanol–water partition coefficient (Wildman–Crippen LogP) is 8.07. The van der Waals surface area contributed by atoms with Crippen LogP contribution in [0.4, 0.5) is 11.4 Å². The largest absolute Gasteiger partial charge is 0.316 e. The number of Topliss-reactive ketones (excluding diaryl/α,β-unsaturated/α-hetero) is 2. The number of carbonyl (C=O) groups excluding carboxylic acids is 2. The van der Waals surface area contributed by atoms with Crippen LogP contribution in [0.1, 0.15) is 46.4 Å². The molecule has 308 valence electrons. The molecule has 1 N–H and O–H groups in total. The van der Waals surface area contributed by atoms with Crippen LogP contribution in [0.15, 0.2) is 109 Å². The zero-order valence-corrected chi connectivity index (χ0v) is 37.0. The number of carbonyl (C=O) groups is 2. The maximum Gasteiger partial charge on any atom is 0.232 e. The fourth-order valence-electron chi connectivity index (χ4n) is 6.69. The minimum atomic E-state index is -3.37. The Morgan fingerprint density at radius 1 is 0.684 bits per heavy atom. The predicted molar refractivity (Wildman–Crippen MR) is 237 cm³/mol. The number of anilines is 2. The van der Waals surface area contributed by atoms with Gasteiger partial charge in [-0.2, -0.15) is 0 Å². The number of hydrogen-bond acceptors (Lipinski definition) is 8. The first-order valence-corrected chi connectivity index (χ1v) is 24.3. The molecule has 2 saturated heterocycles. The van der Waals surface area contributed by atoms with Crippen molar-refractivity contribution < 1.29 is 26.4 Å². The van der Waals surface area contributed by atoms with E-state index in [1.807, 2.05) is 60.7 Å². The topological polar surface area (TPSA) is 124 Å². The Hall–Kier alpha value is -3.30. The normalized spacial score (nSPS) is 17.2. The van der Waals surface area contributed by atoms with Crippen LogP contribution >= 0.6 is 39.1 Å². The van der Waals surface area contributed by atoms with Gasteiger partial charge >= 0.3 is 0 Å². The number of rotatable bonds is 13. The van der Waals surface area contributed by atoms with Crippen molar-refractivity contribution >= 4 is 82.1 Å². The molecule has 6 rings (SSSR count). The average Bonchev–Trinajstić information content (AvgIpc) is 3.20. The first-order valence-electron chi connectivity index (χ1n) is 18.8. The summed E-state index contributed by atoms with van der Waals surface area (Å²) < 4.78 is 51.5. The number of nitrogens with zero attached hydrogens (tertiary/aromatic N) is 3. The summed E-state index contributed by atoms with van der Waals surface area (Å²) >= 11 is 14.6. The molecule has 0 aromatic heterocycles. The van der Waals surface area contributed by atoms with Gasteiger partial charge in [-0.15, -0.1) is 0 Å². The Morgan fingerprint density at radius 2 is 1.14 bits per heavy atom. The summed E-state index contributed by atoms with van der Waals surface area (Å²) in [5.74, 6) is 0.706. The van der Waals surface area contributed by atoms with Crippen LogP contribution in [-0.4, -0.2) is 97.0 Å². The molecule has 57 heavy (non-hydrogen) atoms. The molecule has 2 aliphatic rings. The van der Waals surface area contributed by atoms with E-state index in [0.717, 1.165) is 51.0 Å². The number of para-hydroxylation sites is 2. The third kappa shape index (κ3) is 15.8. The van der Waals surface area contributed by atoms with Crippen molar-refractivity contribution in [2.45, 2.75) is 25.7 Å². The lowest BCUT2D eigenvalue weighted by molar-refractivity contribution is 0.0889. The van der Waals surface area contributed by atoms with Crippen molar-refractivity contribution in [1.29, 1.82) is 0 Å². The van der Waals surface area contributed by atoms with Gasteiger partial charge in [0.05, 0.1) is 35.8 Å². The number of nitrogens with one attached hydrogen (secondary N) is 1. The average molecular weight is 923 g/mol. The minimum Gasteiger partial charge on any atom is -0.316 e. The molecule has 0 aliphatic carbocycles. The van der Waals surface area contributed by atoms with E-state index in [1.165, 1.54) is 21.1 Å². The number of benzene rings is 4. The second-order valence-corrected chi connectivity index (χ2v) is 19.5. The molecular weight excluding hydrogens is 871 g/mol. The Morgan fingerprint density at radius 3 is 1.58 bits per heavy atom. The quantitative estimate of drug-likeness (QED) is 0.106. The fraction of sp³-hybridized carbons (Fsp3) is 0.381. The number of halogens is 3. The third-order valence-corrected chi connectivity index (χ3v) is 12.9. The van der Waals surface area contributed by atoms with Crippen molar-refractivity contribution in [3.63, 3.8) is 0 Å². The van der Waals surface area contributed by atoms with Gasteiger partial charge in [0.1, 0.15) is 0 Å². The van der Waals surface area contributed by atoms with Crippen molar-refractivity contribution in [1.82, 2.24) is 10.2 Å². The van der Waals surface area contributed by atoms with Crippen molar-refractivity contribution in [3.8, 4) is 0 Å². The highest BCUT2D eigenvalue weighted by atomic mass is 79.9. The Bertz CT molecular complexity index is 2070. The zero-order valence-electron chi connectivity index (χ0n) is 32.3. The van der Waals surface area contributed by atoms with Gasteiger partial charge in [0.15, 0.2) is 11.6 Å². The van der Waals surface area contributed by atoms with Gasteiger partial charge in [-0.05, 0) is 130 Å². The third-order valence-electron chi connectivity index (χ3n) is 9.56. The summed E-state index contributed by atoms with van der Waals surface area (Å²) in [6.07, 6.45) is 6.62. The highest BCUT2D eigenvalue weighted by molar-refractivity contribution is 9.09. The monoisotopic (exact) mass is 920 g/mol. The van der Waals surface area contributed by atoms with Crippen molar-refractivity contribution in [3.05, 3.63) is 130 Å². The second-order valence-electron chi connectivity index (χ2n) is 14.2. The molecule has 10 nitrogen and oxygen atoms in total. The lowest BCUT2D eigenvalue weighted by Gasteiger charge is -2.35. The van der Waals surface area contributed by atoms with Gasteiger partial charge in [-0.25, -0.2) is 16.8 Å². The molecule has 0 saturated carbocycles. The summed E-state index contributed by atoms with van der Waals surface area (Å²) in [4.78, 5) is 25.7. The molecule has 0 radical (unpaired) electrons. The molecule has 4 aromatic rings. The Kier molecular flexibility index (Phi) is 18.5. The Labute approximate surface area is 356 Å². The van der Waals surface area contributed by atoms with Gasteiger partial charge in [0.25, 0.3) is 0 Å². The summed E-state index contributed by atoms with van der Waals surface area (Å²) in [6, 6.07) is 32.3. The van der Waals surface area contributed by atoms with Crippen LogP contribution in [0.25, 0.3) is 0 Å². The van der Waals surface area contributed by atoms with E-state index in [4.69, 9.17) is 23.2 Å². The van der Waals surface area contributed by atoms with E-state index < -0.39 is 20.0 Å². The summed E-state index contributed by atoms with van der Waals surface area (Å²) in [6.45, 7) is 4.82. The zero-order chi connectivity index (χ0) is 41.4. The van der Waals surface area contributed by atoms with Crippen molar-refractivity contribution in [2.75, 3.05) is 72.3 Å². The maximum absolute atomic E-state index is 12.5.